The van der Waals surface area contributed by atoms with Crippen LogP contribution < -0.4 is 0 Å². The fourth-order valence-electron chi connectivity index (χ4n) is 0.619. The number of rotatable bonds is 1. The van der Waals surface area contributed by atoms with Crippen LogP contribution in [0.4, 0.5) is 5.00 Å². The zero-order valence-corrected chi connectivity index (χ0v) is 6.01. The van der Waals surface area contributed by atoms with Crippen molar-refractivity contribution in [3.05, 3.63) is 21.1 Å². The molecule has 10 heavy (non-hydrogen) atoms. The van der Waals surface area contributed by atoms with Gasteiger partial charge in [-0.05, 0) is 6.92 Å². The molecule has 0 bridgehead atoms. The van der Waals surface area contributed by atoms with Gasteiger partial charge in [0.25, 0.3) is 0 Å². The average Bonchev–Trinajstić information content (AvgIpc) is 2.10. The smallest absolute Gasteiger partial charge is 0.365 e. The highest BCUT2D eigenvalue weighted by Gasteiger charge is 2.15. The van der Waals surface area contributed by atoms with Gasteiger partial charge in [-0.15, -0.1) is 0 Å². The van der Waals surface area contributed by atoms with E-state index in [1.54, 1.807) is 6.92 Å². The van der Waals surface area contributed by atoms with E-state index in [1.807, 2.05) is 0 Å². The lowest BCUT2D eigenvalue weighted by Crippen LogP contribution is -1.81. The van der Waals surface area contributed by atoms with Crippen LogP contribution in [0.5, 0.6) is 5.75 Å². The molecule has 1 heterocycles. The first-order valence-corrected chi connectivity index (χ1v) is 3.36. The Labute approximate surface area is 60.9 Å². The topological polar surface area (TPSA) is 63.4 Å². The first-order chi connectivity index (χ1) is 4.61. The van der Waals surface area contributed by atoms with Crippen molar-refractivity contribution in [1.29, 1.82) is 0 Å². The summed E-state index contributed by atoms with van der Waals surface area (Å²) in [5, 5.41) is 18.8. The molecule has 0 aliphatic carbocycles. The van der Waals surface area contributed by atoms with Crippen molar-refractivity contribution in [1.82, 2.24) is 0 Å². The van der Waals surface area contributed by atoms with Gasteiger partial charge in [-0.1, -0.05) is 11.3 Å². The Morgan fingerprint density at radius 1 is 1.80 bits per heavy atom. The minimum Gasteiger partial charge on any atom is -0.501 e. The molecule has 1 aromatic heterocycles. The summed E-state index contributed by atoms with van der Waals surface area (Å²) in [6.45, 7) is 1.71. The summed E-state index contributed by atoms with van der Waals surface area (Å²) in [6, 6.07) is 1.38. The van der Waals surface area contributed by atoms with Crippen LogP contribution in [-0.2, 0) is 0 Å². The monoisotopic (exact) mass is 159 g/mol. The Kier molecular flexibility index (Phi) is 1.58. The van der Waals surface area contributed by atoms with Gasteiger partial charge in [0, 0.05) is 10.9 Å². The van der Waals surface area contributed by atoms with E-state index in [9.17, 15) is 10.1 Å². The molecule has 5 heteroatoms. The van der Waals surface area contributed by atoms with E-state index < -0.39 is 4.92 Å². The van der Waals surface area contributed by atoms with Gasteiger partial charge in [0.15, 0.2) is 0 Å². The Morgan fingerprint density at radius 2 is 2.40 bits per heavy atom. The molecule has 0 aromatic carbocycles. The molecule has 4 nitrogen and oxygen atoms in total. The van der Waals surface area contributed by atoms with E-state index in [0.29, 0.717) is 0 Å². The second kappa shape index (κ2) is 2.26. The van der Waals surface area contributed by atoms with Crippen LogP contribution in [0.3, 0.4) is 0 Å². The lowest BCUT2D eigenvalue weighted by Gasteiger charge is -1.82. The third-order valence-electron chi connectivity index (χ3n) is 0.983. The molecule has 0 saturated heterocycles. The fourth-order valence-corrected chi connectivity index (χ4v) is 1.33. The standard InChI is InChI=1S/C5H5NO3S/c1-3-2-4(7)5(10-3)6(8)9/h2,7H,1H3. The maximum Gasteiger partial charge on any atom is 0.365 e. The van der Waals surface area contributed by atoms with E-state index in [4.69, 9.17) is 5.11 Å². The van der Waals surface area contributed by atoms with Crippen LogP contribution in [0.2, 0.25) is 0 Å². The van der Waals surface area contributed by atoms with Crippen molar-refractivity contribution in [2.24, 2.45) is 0 Å². The van der Waals surface area contributed by atoms with Crippen molar-refractivity contribution in [2.45, 2.75) is 6.92 Å². The highest BCUT2D eigenvalue weighted by Crippen LogP contribution is 2.34. The van der Waals surface area contributed by atoms with Crippen LogP contribution in [0.25, 0.3) is 0 Å². The molecular weight excluding hydrogens is 154 g/mol. The molecule has 0 spiro atoms. The van der Waals surface area contributed by atoms with E-state index >= 15 is 0 Å². The average molecular weight is 159 g/mol. The summed E-state index contributed by atoms with van der Waals surface area (Å²) < 4.78 is 0. The zero-order valence-electron chi connectivity index (χ0n) is 5.20. The molecule has 1 N–H and O–H groups in total. The van der Waals surface area contributed by atoms with Crippen LogP contribution in [0, 0.1) is 17.0 Å². The molecule has 1 rings (SSSR count). The van der Waals surface area contributed by atoms with E-state index in [-0.39, 0.29) is 10.8 Å². The summed E-state index contributed by atoms with van der Waals surface area (Å²) in [6.07, 6.45) is 0. The summed E-state index contributed by atoms with van der Waals surface area (Å²) >= 11 is 0.973. The largest absolute Gasteiger partial charge is 0.501 e. The summed E-state index contributed by atoms with van der Waals surface area (Å²) in [5.41, 5.74) is 0. The number of nitro groups is 1. The summed E-state index contributed by atoms with van der Waals surface area (Å²) in [4.78, 5) is 10.2. The molecule has 0 radical (unpaired) electrons. The van der Waals surface area contributed by atoms with Crippen LogP contribution in [0.15, 0.2) is 6.07 Å². The van der Waals surface area contributed by atoms with Gasteiger partial charge in [-0.2, -0.15) is 0 Å². The van der Waals surface area contributed by atoms with E-state index in [2.05, 4.69) is 0 Å². The van der Waals surface area contributed by atoms with Crippen LogP contribution in [-0.4, -0.2) is 10.0 Å². The third-order valence-corrected chi connectivity index (χ3v) is 1.97. The normalized spacial score (nSPS) is 9.70. The fraction of sp³-hybridized carbons (Fsp3) is 0.200. The molecule has 0 atom stereocenters. The molecule has 0 unspecified atom stereocenters. The highest BCUT2D eigenvalue weighted by molar-refractivity contribution is 7.15. The molecule has 1 aromatic rings. The number of aromatic hydroxyl groups is 1. The van der Waals surface area contributed by atoms with Crippen molar-refractivity contribution in [3.63, 3.8) is 0 Å². The van der Waals surface area contributed by atoms with Crippen molar-refractivity contribution < 1.29 is 10.0 Å². The van der Waals surface area contributed by atoms with Gasteiger partial charge in [-0.25, -0.2) is 0 Å². The molecule has 0 aliphatic rings. The summed E-state index contributed by atoms with van der Waals surface area (Å²) in [7, 11) is 0. The van der Waals surface area contributed by atoms with Crippen LogP contribution in [0.1, 0.15) is 4.88 Å². The lowest BCUT2D eigenvalue weighted by molar-refractivity contribution is -0.381. The van der Waals surface area contributed by atoms with Gasteiger partial charge in [0.05, 0.1) is 4.92 Å². The second-order valence-corrected chi connectivity index (χ2v) is 3.04. The first-order valence-electron chi connectivity index (χ1n) is 2.55. The predicted octanol–water partition coefficient (Wildman–Crippen LogP) is 1.67. The molecule has 0 aliphatic heterocycles. The highest BCUT2D eigenvalue weighted by atomic mass is 32.1. The van der Waals surface area contributed by atoms with Gasteiger partial charge in [0.1, 0.15) is 0 Å². The van der Waals surface area contributed by atoms with Gasteiger partial charge in [-0.3, -0.25) is 10.1 Å². The number of aryl methyl sites for hydroxylation is 1. The molecule has 0 saturated carbocycles. The van der Waals surface area contributed by atoms with E-state index in [0.717, 1.165) is 16.2 Å². The quantitative estimate of drug-likeness (QED) is 0.500. The number of nitrogens with zero attached hydrogens (tertiary/aromatic N) is 1. The Balaban J connectivity index is 3.15. The van der Waals surface area contributed by atoms with E-state index in [1.165, 1.54) is 6.07 Å². The van der Waals surface area contributed by atoms with Gasteiger partial charge < -0.3 is 5.11 Å². The minimum absolute atomic E-state index is 0.183. The Bertz CT molecular complexity index is 268. The predicted molar refractivity (Wildman–Crippen MR) is 37.4 cm³/mol. The maximum absolute atomic E-state index is 10.1. The SMILES string of the molecule is Cc1cc(O)c([N+](=O)[O-])s1. The van der Waals surface area contributed by atoms with Crippen molar-refractivity contribution in [2.75, 3.05) is 0 Å². The van der Waals surface area contributed by atoms with Gasteiger partial charge in [0.2, 0.25) is 5.75 Å². The number of hydrogen-bond acceptors (Lipinski definition) is 4. The molecule has 54 valence electrons. The Morgan fingerprint density at radius 3 is 2.60 bits per heavy atom. The molecular formula is C5H5NO3S. The van der Waals surface area contributed by atoms with Crippen molar-refractivity contribution in [3.8, 4) is 5.75 Å². The molecule has 0 fully saturated rings. The summed E-state index contributed by atoms with van der Waals surface area (Å²) in [5.74, 6) is -0.243. The van der Waals surface area contributed by atoms with Crippen molar-refractivity contribution >= 4 is 16.3 Å². The second-order valence-electron chi connectivity index (χ2n) is 1.80. The first kappa shape index (κ1) is 7.01. The molecule has 0 amide bonds. The van der Waals surface area contributed by atoms with Gasteiger partial charge >= 0.3 is 5.00 Å². The zero-order chi connectivity index (χ0) is 7.72. The maximum atomic E-state index is 10.1. The minimum atomic E-state index is -0.590. The number of thiophene rings is 1. The lowest BCUT2D eigenvalue weighted by atomic mass is 10.5. The Hall–Kier alpha value is -1.10. The third kappa shape index (κ3) is 1.08. The number of hydrogen-bond donors (Lipinski definition) is 1. The van der Waals surface area contributed by atoms with Crippen LogP contribution >= 0.6 is 11.3 Å².